The molecule has 5 N–H and O–H groups in total. The van der Waals surface area contributed by atoms with Gasteiger partial charge in [0.25, 0.3) is 0 Å². The molecular formula is C29H39N5O5. The Morgan fingerprint density at radius 3 is 2.67 bits per heavy atom. The minimum Gasteiger partial charge on any atom is -0.496 e. The van der Waals surface area contributed by atoms with E-state index in [1.165, 1.54) is 0 Å². The number of nitrogen functional groups attached to an aromatic ring is 1. The Hall–Kier alpha value is -3.89. The maximum atomic E-state index is 11.2. The van der Waals surface area contributed by atoms with Gasteiger partial charge in [0.1, 0.15) is 17.3 Å². The molecular weight excluding hydrogens is 498 g/mol. The van der Waals surface area contributed by atoms with Crippen LogP contribution in [0.2, 0.25) is 0 Å². The van der Waals surface area contributed by atoms with Crippen molar-refractivity contribution in [1.82, 2.24) is 14.9 Å². The number of nitrogens with two attached hydrogens (primary N) is 1. The zero-order valence-electron chi connectivity index (χ0n) is 23.1. The number of nitrogens with zero attached hydrogens (tertiary/aromatic N) is 3. The highest BCUT2D eigenvalue weighted by atomic mass is 16.5. The van der Waals surface area contributed by atoms with Crippen LogP contribution in [0.4, 0.5) is 11.8 Å². The molecule has 1 heterocycles. The Morgan fingerprint density at radius 1 is 1.18 bits per heavy atom. The summed E-state index contributed by atoms with van der Waals surface area (Å²) >= 11 is 0. The van der Waals surface area contributed by atoms with Crippen LogP contribution < -0.4 is 20.5 Å². The summed E-state index contributed by atoms with van der Waals surface area (Å²) in [6.07, 6.45) is 1.70. The molecule has 0 fully saturated rings. The second-order valence-corrected chi connectivity index (χ2v) is 9.67. The van der Waals surface area contributed by atoms with Gasteiger partial charge in [0.15, 0.2) is 0 Å². The largest absolute Gasteiger partial charge is 0.496 e. The molecule has 0 spiro atoms. The van der Waals surface area contributed by atoms with Gasteiger partial charge in [0, 0.05) is 36.9 Å². The van der Waals surface area contributed by atoms with E-state index < -0.39 is 5.97 Å². The van der Waals surface area contributed by atoms with Gasteiger partial charge in [-0.25, -0.2) is 4.98 Å². The van der Waals surface area contributed by atoms with Gasteiger partial charge >= 0.3 is 5.97 Å². The number of hydrogen-bond acceptors (Lipinski definition) is 9. The number of carboxylic acids is 1. The van der Waals surface area contributed by atoms with Crippen LogP contribution in [0.3, 0.4) is 0 Å². The predicted octanol–water partition coefficient (Wildman–Crippen LogP) is 3.46. The van der Waals surface area contributed by atoms with Crippen molar-refractivity contribution < 1.29 is 24.5 Å². The van der Waals surface area contributed by atoms with E-state index in [0.29, 0.717) is 36.6 Å². The predicted molar refractivity (Wildman–Crippen MR) is 151 cm³/mol. The van der Waals surface area contributed by atoms with E-state index in [-0.39, 0.29) is 25.0 Å². The summed E-state index contributed by atoms with van der Waals surface area (Å²) in [5.41, 5.74) is 10.0. The number of methoxy groups -OCH3 is 1. The van der Waals surface area contributed by atoms with Crippen molar-refractivity contribution in [1.29, 1.82) is 0 Å². The monoisotopic (exact) mass is 537 g/mol. The van der Waals surface area contributed by atoms with Crippen molar-refractivity contribution in [2.24, 2.45) is 0 Å². The molecule has 0 radical (unpaired) electrons. The van der Waals surface area contributed by atoms with Crippen LogP contribution in [-0.2, 0) is 17.6 Å². The van der Waals surface area contributed by atoms with Gasteiger partial charge in [-0.1, -0.05) is 30.3 Å². The molecule has 0 saturated carbocycles. The number of benzene rings is 2. The summed E-state index contributed by atoms with van der Waals surface area (Å²) in [6, 6.07) is 12.8. The molecule has 1 unspecified atom stereocenters. The van der Waals surface area contributed by atoms with Crippen molar-refractivity contribution in [3.8, 4) is 11.5 Å². The third-order valence-electron chi connectivity index (χ3n) is 6.31. The summed E-state index contributed by atoms with van der Waals surface area (Å²) in [5.74, 6) is 1.21. The number of anilines is 2. The normalized spacial score (nSPS) is 11.8. The molecule has 0 aliphatic carbocycles. The zero-order valence-corrected chi connectivity index (χ0v) is 23.1. The Labute approximate surface area is 229 Å². The lowest BCUT2D eigenvalue weighted by atomic mass is 9.99. The number of aryl methyl sites for hydroxylation is 1. The minimum atomic E-state index is -0.903. The maximum Gasteiger partial charge on any atom is 0.307 e. The molecule has 0 amide bonds. The van der Waals surface area contributed by atoms with Gasteiger partial charge in [-0.3, -0.25) is 4.79 Å². The first kappa shape index (κ1) is 29.7. The number of aliphatic carboxylic acids is 1. The average molecular weight is 538 g/mol. The highest BCUT2D eigenvalue weighted by Crippen LogP contribution is 2.32. The van der Waals surface area contributed by atoms with E-state index in [1.54, 1.807) is 13.2 Å². The number of aromatic nitrogens is 2. The molecule has 3 aromatic rings. The highest BCUT2D eigenvalue weighted by molar-refractivity contribution is 5.70. The highest BCUT2D eigenvalue weighted by Gasteiger charge is 2.19. The van der Waals surface area contributed by atoms with Crippen molar-refractivity contribution in [3.05, 3.63) is 70.4 Å². The number of aliphatic hydroxyl groups excluding tert-OH is 1. The van der Waals surface area contributed by atoms with E-state index in [9.17, 15) is 15.0 Å². The van der Waals surface area contributed by atoms with E-state index >= 15 is 0 Å². The SMILES string of the molecule is COc1cc(OCCCN(C)C)ccc1Cc1c(C)nc(N)nc1NC(CCO)c1cccc(CC(=O)O)c1. The molecule has 10 nitrogen and oxygen atoms in total. The third kappa shape index (κ3) is 8.83. The van der Waals surface area contributed by atoms with Gasteiger partial charge in [-0.05, 0) is 56.6 Å². The van der Waals surface area contributed by atoms with Crippen LogP contribution in [0.1, 0.15) is 46.8 Å². The van der Waals surface area contributed by atoms with Crippen LogP contribution >= 0.6 is 0 Å². The van der Waals surface area contributed by atoms with Crippen LogP contribution in [0.5, 0.6) is 11.5 Å². The lowest BCUT2D eigenvalue weighted by Crippen LogP contribution is -2.17. The molecule has 2 aromatic carbocycles. The second kappa shape index (κ2) is 14.3. The number of carboxylic acid groups (broad SMARTS) is 1. The molecule has 0 aliphatic rings. The summed E-state index contributed by atoms with van der Waals surface area (Å²) in [4.78, 5) is 22.2. The fourth-order valence-electron chi connectivity index (χ4n) is 4.38. The van der Waals surface area contributed by atoms with E-state index in [0.717, 1.165) is 41.1 Å². The number of hydrogen-bond donors (Lipinski definition) is 4. The van der Waals surface area contributed by atoms with Crippen molar-refractivity contribution in [2.45, 2.75) is 38.6 Å². The summed E-state index contributed by atoms with van der Waals surface area (Å²) < 4.78 is 11.6. The Morgan fingerprint density at radius 2 is 1.97 bits per heavy atom. The van der Waals surface area contributed by atoms with Crippen molar-refractivity contribution >= 4 is 17.7 Å². The van der Waals surface area contributed by atoms with Crippen molar-refractivity contribution in [2.75, 3.05) is 52.0 Å². The number of aliphatic hydroxyl groups is 1. The molecule has 1 atom stereocenters. The molecule has 3 rings (SSSR count). The first-order valence-electron chi connectivity index (χ1n) is 13.0. The average Bonchev–Trinajstić information content (AvgIpc) is 2.88. The molecule has 0 bridgehead atoms. The minimum absolute atomic E-state index is 0.0699. The Kier molecular flexibility index (Phi) is 10.9. The van der Waals surface area contributed by atoms with Crippen molar-refractivity contribution in [3.63, 3.8) is 0 Å². The topological polar surface area (TPSA) is 143 Å². The number of ether oxygens (including phenoxy) is 2. The molecule has 39 heavy (non-hydrogen) atoms. The summed E-state index contributed by atoms with van der Waals surface area (Å²) in [7, 11) is 5.69. The second-order valence-electron chi connectivity index (χ2n) is 9.67. The first-order valence-corrected chi connectivity index (χ1v) is 13.0. The first-order chi connectivity index (χ1) is 18.7. The standard InChI is InChI=1S/C29H39N5O5/c1-19-24(17-22-9-10-23(18-26(22)38-4)39-14-6-12-34(2)3)28(33-29(30)31-19)32-25(11-13-35)21-8-5-7-20(15-21)16-27(36)37/h5,7-10,15,18,25,35H,6,11-14,16-17H2,1-4H3,(H,36,37)(H3,30,31,32,33). The third-order valence-corrected chi connectivity index (χ3v) is 6.31. The van der Waals surface area contributed by atoms with Gasteiger partial charge < -0.3 is 35.6 Å². The molecule has 1 aromatic heterocycles. The van der Waals surface area contributed by atoms with Gasteiger partial charge in [0.05, 0.1) is 26.2 Å². The van der Waals surface area contributed by atoms with Crippen LogP contribution in [-0.4, -0.2) is 72.0 Å². The van der Waals surface area contributed by atoms with Gasteiger partial charge in [-0.2, -0.15) is 4.98 Å². The number of rotatable bonds is 15. The fourth-order valence-corrected chi connectivity index (χ4v) is 4.38. The van der Waals surface area contributed by atoms with Crippen LogP contribution in [0, 0.1) is 6.92 Å². The lowest BCUT2D eigenvalue weighted by molar-refractivity contribution is -0.136. The van der Waals surface area contributed by atoms with E-state index in [2.05, 4.69) is 20.2 Å². The zero-order chi connectivity index (χ0) is 28.4. The quantitative estimate of drug-likeness (QED) is 0.213. The molecule has 0 aliphatic heterocycles. The maximum absolute atomic E-state index is 11.2. The molecule has 10 heteroatoms. The summed E-state index contributed by atoms with van der Waals surface area (Å²) in [6.45, 7) is 3.36. The van der Waals surface area contributed by atoms with Gasteiger partial charge in [0.2, 0.25) is 5.95 Å². The molecule has 210 valence electrons. The Bertz CT molecular complexity index is 1250. The van der Waals surface area contributed by atoms with Gasteiger partial charge in [-0.15, -0.1) is 0 Å². The fraction of sp³-hybridized carbons (Fsp3) is 0.414. The van der Waals surface area contributed by atoms with E-state index in [4.69, 9.17) is 15.2 Å². The summed E-state index contributed by atoms with van der Waals surface area (Å²) in [5, 5.41) is 22.4. The number of carbonyl (C=O) groups is 1. The lowest BCUT2D eigenvalue weighted by Gasteiger charge is -2.23. The Balaban J connectivity index is 1.87. The molecule has 0 saturated heterocycles. The smallest absolute Gasteiger partial charge is 0.307 e. The van der Waals surface area contributed by atoms with Crippen LogP contribution in [0.15, 0.2) is 42.5 Å². The number of nitrogens with one attached hydrogen (secondary N) is 1. The van der Waals surface area contributed by atoms with E-state index in [1.807, 2.05) is 57.4 Å². The van der Waals surface area contributed by atoms with Crippen LogP contribution in [0.25, 0.3) is 0 Å².